The highest BCUT2D eigenvalue weighted by atomic mass is 79.9. The van der Waals surface area contributed by atoms with Crippen LogP contribution in [0.4, 0.5) is 0 Å². The Hall–Kier alpha value is 0.400. The number of ether oxygens (including phenoxy) is 2. The highest BCUT2D eigenvalue weighted by molar-refractivity contribution is 9.09. The summed E-state index contributed by atoms with van der Waals surface area (Å²) in [5.41, 5.74) is 0.332. The summed E-state index contributed by atoms with van der Waals surface area (Å²) >= 11 is 3.69. The SMILES string of the molecule is CCCC(CBr)(CCC)COCC1CCCCO1. The second kappa shape index (κ2) is 9.33. The minimum absolute atomic E-state index is 0.332. The monoisotopic (exact) mass is 320 g/mol. The van der Waals surface area contributed by atoms with Crippen LogP contribution in [0.3, 0.4) is 0 Å². The third-order valence-electron chi connectivity index (χ3n) is 3.83. The zero-order valence-corrected chi connectivity index (χ0v) is 13.6. The molecule has 0 radical (unpaired) electrons. The molecule has 0 amide bonds. The van der Waals surface area contributed by atoms with Gasteiger partial charge in [-0.2, -0.15) is 0 Å². The van der Waals surface area contributed by atoms with Crippen LogP contribution in [-0.4, -0.2) is 31.3 Å². The molecule has 2 nitrogen and oxygen atoms in total. The molecule has 1 unspecified atom stereocenters. The fourth-order valence-corrected chi connectivity index (χ4v) is 3.57. The van der Waals surface area contributed by atoms with E-state index in [1.165, 1.54) is 44.9 Å². The van der Waals surface area contributed by atoms with Gasteiger partial charge in [-0.05, 0) is 32.1 Å². The quantitative estimate of drug-likeness (QED) is 0.580. The van der Waals surface area contributed by atoms with Crippen molar-refractivity contribution in [2.75, 3.05) is 25.2 Å². The molecule has 0 aromatic heterocycles. The molecule has 0 aliphatic carbocycles. The average Bonchev–Trinajstić information content (AvgIpc) is 2.40. The molecule has 108 valence electrons. The van der Waals surface area contributed by atoms with Gasteiger partial charge in [0.05, 0.1) is 19.3 Å². The highest BCUT2D eigenvalue weighted by Gasteiger charge is 2.28. The fourth-order valence-electron chi connectivity index (χ4n) is 2.85. The molecule has 18 heavy (non-hydrogen) atoms. The first-order valence-corrected chi connectivity index (χ1v) is 8.64. The van der Waals surface area contributed by atoms with Crippen molar-refractivity contribution < 1.29 is 9.47 Å². The van der Waals surface area contributed by atoms with Crippen molar-refractivity contribution in [3.8, 4) is 0 Å². The third kappa shape index (κ3) is 5.58. The average molecular weight is 321 g/mol. The van der Waals surface area contributed by atoms with E-state index in [0.29, 0.717) is 11.5 Å². The van der Waals surface area contributed by atoms with Gasteiger partial charge in [-0.3, -0.25) is 0 Å². The molecule has 1 aliphatic heterocycles. The van der Waals surface area contributed by atoms with E-state index in [0.717, 1.165) is 25.2 Å². The number of rotatable bonds is 9. The smallest absolute Gasteiger partial charge is 0.0808 e. The van der Waals surface area contributed by atoms with Gasteiger partial charge in [-0.15, -0.1) is 0 Å². The van der Waals surface area contributed by atoms with Crippen LogP contribution in [0.5, 0.6) is 0 Å². The summed E-state index contributed by atoms with van der Waals surface area (Å²) < 4.78 is 11.7. The van der Waals surface area contributed by atoms with Gasteiger partial charge in [0.15, 0.2) is 0 Å². The van der Waals surface area contributed by atoms with Gasteiger partial charge >= 0.3 is 0 Å². The van der Waals surface area contributed by atoms with Gasteiger partial charge in [0.1, 0.15) is 0 Å². The van der Waals surface area contributed by atoms with E-state index in [1.807, 2.05) is 0 Å². The molecule has 0 N–H and O–H groups in total. The van der Waals surface area contributed by atoms with Gasteiger partial charge in [-0.25, -0.2) is 0 Å². The Balaban J connectivity index is 2.30. The molecule has 0 spiro atoms. The van der Waals surface area contributed by atoms with Crippen LogP contribution in [0, 0.1) is 5.41 Å². The zero-order chi connectivity index (χ0) is 13.3. The summed E-state index contributed by atoms with van der Waals surface area (Å²) in [5, 5.41) is 1.05. The Kier molecular flexibility index (Phi) is 8.53. The number of halogens is 1. The Labute approximate surface area is 121 Å². The van der Waals surface area contributed by atoms with Gasteiger partial charge < -0.3 is 9.47 Å². The van der Waals surface area contributed by atoms with Gasteiger partial charge in [0.2, 0.25) is 0 Å². The van der Waals surface area contributed by atoms with E-state index in [9.17, 15) is 0 Å². The maximum atomic E-state index is 5.98. The van der Waals surface area contributed by atoms with Crippen LogP contribution in [0.15, 0.2) is 0 Å². The topological polar surface area (TPSA) is 18.5 Å². The van der Waals surface area contributed by atoms with Crippen LogP contribution < -0.4 is 0 Å². The van der Waals surface area contributed by atoms with Crippen molar-refractivity contribution in [2.45, 2.75) is 64.9 Å². The van der Waals surface area contributed by atoms with Crippen LogP contribution in [0.1, 0.15) is 58.8 Å². The van der Waals surface area contributed by atoms with Crippen LogP contribution >= 0.6 is 15.9 Å². The molecular formula is C15H29BrO2. The molecule has 1 aliphatic rings. The summed E-state index contributed by atoms with van der Waals surface area (Å²) in [4.78, 5) is 0. The predicted molar refractivity (Wildman–Crippen MR) is 80.5 cm³/mol. The molecule has 1 saturated heterocycles. The van der Waals surface area contributed by atoms with Crippen molar-refractivity contribution >= 4 is 15.9 Å². The second-order valence-corrected chi connectivity index (χ2v) is 6.20. The van der Waals surface area contributed by atoms with E-state index >= 15 is 0 Å². The van der Waals surface area contributed by atoms with Crippen LogP contribution in [0.2, 0.25) is 0 Å². The molecule has 0 saturated carbocycles. The van der Waals surface area contributed by atoms with Crippen LogP contribution in [0.25, 0.3) is 0 Å². The molecule has 1 rings (SSSR count). The first-order valence-electron chi connectivity index (χ1n) is 7.51. The van der Waals surface area contributed by atoms with Crippen LogP contribution in [-0.2, 0) is 9.47 Å². The minimum Gasteiger partial charge on any atom is -0.378 e. The first-order chi connectivity index (χ1) is 8.76. The molecule has 1 heterocycles. The Morgan fingerprint density at radius 1 is 1.22 bits per heavy atom. The Morgan fingerprint density at radius 2 is 1.94 bits per heavy atom. The van der Waals surface area contributed by atoms with Crippen molar-refractivity contribution in [3.05, 3.63) is 0 Å². The normalized spacial score (nSPS) is 21.2. The maximum absolute atomic E-state index is 5.98. The highest BCUT2D eigenvalue weighted by Crippen LogP contribution is 2.32. The lowest BCUT2D eigenvalue weighted by atomic mass is 9.82. The summed E-state index contributed by atoms with van der Waals surface area (Å²) in [7, 11) is 0. The molecule has 3 heteroatoms. The lowest BCUT2D eigenvalue weighted by molar-refractivity contribution is -0.0582. The molecule has 0 aromatic carbocycles. The Morgan fingerprint density at radius 3 is 2.44 bits per heavy atom. The lowest BCUT2D eigenvalue weighted by Gasteiger charge is -2.32. The number of hydrogen-bond acceptors (Lipinski definition) is 2. The Bertz CT molecular complexity index is 197. The number of alkyl halides is 1. The maximum Gasteiger partial charge on any atom is 0.0808 e. The van der Waals surface area contributed by atoms with E-state index in [2.05, 4.69) is 29.8 Å². The summed E-state index contributed by atoms with van der Waals surface area (Å²) in [6.07, 6.45) is 8.98. The largest absolute Gasteiger partial charge is 0.378 e. The van der Waals surface area contributed by atoms with Gasteiger partial charge in [0.25, 0.3) is 0 Å². The van der Waals surface area contributed by atoms with E-state index in [4.69, 9.17) is 9.47 Å². The summed E-state index contributed by atoms with van der Waals surface area (Å²) in [6, 6.07) is 0. The van der Waals surface area contributed by atoms with Crippen molar-refractivity contribution in [3.63, 3.8) is 0 Å². The predicted octanol–water partition coefficient (Wildman–Crippen LogP) is 4.55. The summed E-state index contributed by atoms with van der Waals surface area (Å²) in [6.45, 7) is 7.10. The third-order valence-corrected chi connectivity index (χ3v) is 5.02. The van der Waals surface area contributed by atoms with Gasteiger partial charge in [0, 0.05) is 17.4 Å². The van der Waals surface area contributed by atoms with E-state index < -0.39 is 0 Å². The molecular weight excluding hydrogens is 292 g/mol. The van der Waals surface area contributed by atoms with E-state index in [-0.39, 0.29) is 0 Å². The second-order valence-electron chi connectivity index (χ2n) is 5.64. The molecule has 1 fully saturated rings. The number of hydrogen-bond donors (Lipinski definition) is 0. The molecule has 0 bridgehead atoms. The zero-order valence-electron chi connectivity index (χ0n) is 12.0. The van der Waals surface area contributed by atoms with Crippen molar-refractivity contribution in [1.82, 2.24) is 0 Å². The standard InChI is InChI=1S/C15H29BrO2/c1-3-8-15(12-16,9-4-2)13-17-11-14-7-5-6-10-18-14/h14H,3-13H2,1-2H3. The summed E-state index contributed by atoms with van der Waals surface area (Å²) in [5.74, 6) is 0. The first kappa shape index (κ1) is 16.5. The molecule has 1 atom stereocenters. The van der Waals surface area contributed by atoms with Gasteiger partial charge in [-0.1, -0.05) is 42.6 Å². The van der Waals surface area contributed by atoms with Crippen molar-refractivity contribution in [1.29, 1.82) is 0 Å². The van der Waals surface area contributed by atoms with E-state index in [1.54, 1.807) is 0 Å². The molecule has 0 aromatic rings. The lowest BCUT2D eigenvalue weighted by Crippen LogP contribution is -2.32. The fraction of sp³-hybridized carbons (Fsp3) is 1.00. The van der Waals surface area contributed by atoms with Crippen molar-refractivity contribution in [2.24, 2.45) is 5.41 Å². The minimum atomic E-state index is 0.332.